The molecular weight excluding hydrogens is 332 g/mol. The van der Waals surface area contributed by atoms with Gasteiger partial charge in [-0.3, -0.25) is 9.89 Å². The zero-order valence-corrected chi connectivity index (χ0v) is 14.0. The zero-order valence-electron chi connectivity index (χ0n) is 13.2. The third-order valence-electron chi connectivity index (χ3n) is 3.60. The first-order valence-electron chi connectivity index (χ1n) is 7.60. The summed E-state index contributed by atoms with van der Waals surface area (Å²) in [5.74, 6) is 0.652. The number of aliphatic imine (C=N–C) groups is 1. The van der Waals surface area contributed by atoms with E-state index in [1.165, 1.54) is 0 Å². The van der Waals surface area contributed by atoms with Crippen molar-refractivity contribution in [3.63, 3.8) is 0 Å². The van der Waals surface area contributed by atoms with E-state index in [-0.39, 0.29) is 0 Å². The Kier molecular flexibility index (Phi) is 4.89. The van der Waals surface area contributed by atoms with Crippen molar-refractivity contribution in [3.05, 3.63) is 59.7 Å². The minimum absolute atomic E-state index is 0.507. The molecule has 0 aromatic heterocycles. The molecule has 1 heterocycles. The molecular formula is C18H14N6S. The maximum atomic E-state index is 8.98. The summed E-state index contributed by atoms with van der Waals surface area (Å²) in [4.78, 5) is 6.31. The first-order chi connectivity index (χ1) is 12.2. The van der Waals surface area contributed by atoms with E-state index in [0.29, 0.717) is 35.3 Å². The average Bonchev–Trinajstić information content (AvgIpc) is 3.11. The second-order valence-electron chi connectivity index (χ2n) is 5.29. The van der Waals surface area contributed by atoms with Gasteiger partial charge in [-0.2, -0.15) is 10.5 Å². The van der Waals surface area contributed by atoms with Crippen LogP contribution in [-0.2, 0) is 0 Å². The molecule has 2 aromatic carbocycles. The number of thiocarbonyl (C=S) groups is 1. The van der Waals surface area contributed by atoms with Crippen LogP contribution in [0.1, 0.15) is 11.1 Å². The fourth-order valence-corrected chi connectivity index (χ4v) is 2.66. The van der Waals surface area contributed by atoms with Crippen LogP contribution in [0.25, 0.3) is 0 Å². The number of nitriles is 2. The highest BCUT2D eigenvalue weighted by Crippen LogP contribution is 2.15. The van der Waals surface area contributed by atoms with Crippen LogP contribution in [0, 0.1) is 22.7 Å². The molecule has 0 saturated heterocycles. The molecule has 0 amide bonds. The lowest BCUT2D eigenvalue weighted by atomic mass is 10.2. The Morgan fingerprint density at radius 3 is 2.52 bits per heavy atom. The van der Waals surface area contributed by atoms with Crippen molar-refractivity contribution >= 4 is 34.7 Å². The number of nitrogens with zero attached hydrogens (tertiary/aromatic N) is 4. The third kappa shape index (κ3) is 3.92. The molecule has 0 fully saturated rings. The molecule has 1 aliphatic heterocycles. The summed E-state index contributed by atoms with van der Waals surface area (Å²) in [6.07, 6.45) is 0. The Hall–Kier alpha value is -3.42. The molecule has 0 aliphatic carbocycles. The van der Waals surface area contributed by atoms with Gasteiger partial charge in [0.15, 0.2) is 5.11 Å². The molecule has 7 heteroatoms. The molecule has 25 heavy (non-hydrogen) atoms. The Morgan fingerprint density at radius 1 is 1.04 bits per heavy atom. The van der Waals surface area contributed by atoms with Gasteiger partial charge in [0.1, 0.15) is 0 Å². The van der Waals surface area contributed by atoms with E-state index in [9.17, 15) is 0 Å². The van der Waals surface area contributed by atoms with Gasteiger partial charge in [-0.25, -0.2) is 0 Å². The van der Waals surface area contributed by atoms with Crippen LogP contribution >= 0.6 is 12.2 Å². The number of hydrogen-bond acceptors (Lipinski definition) is 5. The van der Waals surface area contributed by atoms with Gasteiger partial charge in [-0.15, -0.1) is 0 Å². The number of anilines is 2. The van der Waals surface area contributed by atoms with E-state index in [4.69, 9.17) is 22.7 Å². The van der Waals surface area contributed by atoms with Crippen LogP contribution in [0.3, 0.4) is 0 Å². The number of hydrogen-bond donors (Lipinski definition) is 2. The van der Waals surface area contributed by atoms with E-state index in [0.717, 1.165) is 11.4 Å². The summed E-state index contributed by atoms with van der Waals surface area (Å²) in [6, 6.07) is 18.5. The molecule has 6 nitrogen and oxygen atoms in total. The Labute approximate surface area is 151 Å². The molecule has 2 N–H and O–H groups in total. The van der Waals surface area contributed by atoms with Gasteiger partial charge >= 0.3 is 0 Å². The maximum absolute atomic E-state index is 8.98. The summed E-state index contributed by atoms with van der Waals surface area (Å²) < 4.78 is 0. The second-order valence-corrected chi connectivity index (χ2v) is 5.68. The van der Waals surface area contributed by atoms with Gasteiger partial charge < -0.3 is 10.6 Å². The highest BCUT2D eigenvalue weighted by molar-refractivity contribution is 7.80. The van der Waals surface area contributed by atoms with Gasteiger partial charge in [0.25, 0.3) is 0 Å². The van der Waals surface area contributed by atoms with Crippen molar-refractivity contribution in [2.75, 3.05) is 23.7 Å². The monoisotopic (exact) mass is 346 g/mol. The van der Waals surface area contributed by atoms with Gasteiger partial charge in [-0.1, -0.05) is 6.07 Å². The topological polar surface area (TPSA) is 87.2 Å². The minimum atomic E-state index is 0.507. The quantitative estimate of drug-likeness (QED) is 0.813. The summed E-state index contributed by atoms with van der Waals surface area (Å²) in [5.41, 5.74) is 2.76. The van der Waals surface area contributed by atoms with Crippen LogP contribution in [0.15, 0.2) is 53.5 Å². The summed E-state index contributed by atoms with van der Waals surface area (Å²) in [5, 5.41) is 24.7. The Balaban J connectivity index is 1.68. The van der Waals surface area contributed by atoms with Crippen molar-refractivity contribution in [3.8, 4) is 12.1 Å². The van der Waals surface area contributed by atoms with E-state index in [1.54, 1.807) is 30.3 Å². The molecule has 0 atom stereocenters. The molecule has 2 aromatic rings. The summed E-state index contributed by atoms with van der Waals surface area (Å²) in [6.45, 7) is 1.31. The predicted octanol–water partition coefficient (Wildman–Crippen LogP) is 2.91. The molecule has 1 aliphatic rings. The van der Waals surface area contributed by atoms with E-state index < -0.39 is 0 Å². The fraction of sp³-hybridized carbons (Fsp3) is 0.111. The fourth-order valence-electron chi connectivity index (χ4n) is 2.37. The van der Waals surface area contributed by atoms with Crippen LogP contribution in [0.5, 0.6) is 0 Å². The molecule has 3 rings (SSSR count). The lowest BCUT2D eigenvalue weighted by molar-refractivity contribution is 0.674. The summed E-state index contributed by atoms with van der Waals surface area (Å²) >= 11 is 5.48. The largest absolute Gasteiger partial charge is 0.332 e. The first-order valence-corrected chi connectivity index (χ1v) is 8.01. The molecule has 0 unspecified atom stereocenters. The van der Waals surface area contributed by atoms with Crippen molar-refractivity contribution < 1.29 is 0 Å². The Bertz CT molecular complexity index is 904. The summed E-state index contributed by atoms with van der Waals surface area (Å²) in [7, 11) is 0. The van der Waals surface area contributed by atoms with Gasteiger partial charge in [-0.05, 0) is 54.7 Å². The molecule has 0 spiro atoms. The van der Waals surface area contributed by atoms with E-state index >= 15 is 0 Å². The van der Waals surface area contributed by atoms with Gasteiger partial charge in [0.05, 0.1) is 29.8 Å². The predicted molar refractivity (Wildman–Crippen MR) is 101 cm³/mol. The second kappa shape index (κ2) is 7.43. The lowest BCUT2D eigenvalue weighted by Gasteiger charge is -2.22. The number of benzene rings is 2. The van der Waals surface area contributed by atoms with Crippen molar-refractivity contribution in [1.82, 2.24) is 4.90 Å². The molecule has 0 saturated carbocycles. The smallest absolute Gasteiger partial charge is 0.204 e. The van der Waals surface area contributed by atoms with Crippen LogP contribution in [-0.4, -0.2) is 29.1 Å². The number of nitrogens with one attached hydrogen (secondary N) is 2. The highest BCUT2D eigenvalue weighted by Gasteiger charge is 2.21. The molecule has 0 bridgehead atoms. The van der Waals surface area contributed by atoms with E-state index in [1.807, 2.05) is 23.1 Å². The van der Waals surface area contributed by atoms with Crippen LogP contribution < -0.4 is 10.6 Å². The van der Waals surface area contributed by atoms with Gasteiger partial charge in [0.2, 0.25) is 5.96 Å². The first kappa shape index (κ1) is 16.4. The normalized spacial score (nSPS) is 12.7. The average molecular weight is 346 g/mol. The molecule has 122 valence electrons. The van der Waals surface area contributed by atoms with E-state index in [2.05, 4.69) is 27.8 Å². The standard InChI is InChI=1S/C18H14N6S/c19-11-13-4-6-15(7-5-13)22-17-21-8-9-24(17)18(25)23-16-3-1-2-14(10-16)12-20/h1-7,10H,8-9H2,(H,21,22)(H,23,25). The maximum Gasteiger partial charge on any atom is 0.204 e. The molecule has 0 radical (unpaired) electrons. The SMILES string of the molecule is N#Cc1ccc(NC2=NCCN2C(=S)Nc2cccc(C#N)c2)cc1. The Morgan fingerprint density at radius 2 is 1.80 bits per heavy atom. The van der Waals surface area contributed by atoms with Gasteiger partial charge in [0, 0.05) is 17.9 Å². The minimum Gasteiger partial charge on any atom is -0.332 e. The van der Waals surface area contributed by atoms with Crippen LogP contribution in [0.4, 0.5) is 11.4 Å². The third-order valence-corrected chi connectivity index (χ3v) is 3.92. The van der Waals surface area contributed by atoms with Crippen molar-refractivity contribution in [2.45, 2.75) is 0 Å². The zero-order chi connectivity index (χ0) is 17.6. The van der Waals surface area contributed by atoms with Crippen molar-refractivity contribution in [1.29, 1.82) is 10.5 Å². The number of rotatable bonds is 2. The highest BCUT2D eigenvalue weighted by atomic mass is 32.1. The van der Waals surface area contributed by atoms with Crippen LogP contribution in [0.2, 0.25) is 0 Å². The lowest BCUT2D eigenvalue weighted by Crippen LogP contribution is -2.40. The van der Waals surface area contributed by atoms with Crippen molar-refractivity contribution in [2.24, 2.45) is 4.99 Å². The number of guanidine groups is 1.